The van der Waals surface area contributed by atoms with Crippen molar-refractivity contribution in [1.29, 1.82) is 0 Å². The van der Waals surface area contributed by atoms with Crippen LogP contribution in [0.3, 0.4) is 0 Å². The van der Waals surface area contributed by atoms with E-state index in [-0.39, 0.29) is 6.01 Å². The van der Waals surface area contributed by atoms with Gasteiger partial charge in [0, 0.05) is 24.0 Å². The molecule has 3 nitrogen and oxygen atoms in total. The van der Waals surface area contributed by atoms with Crippen molar-refractivity contribution in [2.24, 2.45) is 0 Å². The number of benzene rings is 1. The molecule has 6 heteroatoms. The van der Waals surface area contributed by atoms with E-state index in [1.54, 1.807) is 24.5 Å². The highest BCUT2D eigenvalue weighted by Crippen LogP contribution is 2.23. The summed E-state index contributed by atoms with van der Waals surface area (Å²) in [6.45, 7) is 0. The van der Waals surface area contributed by atoms with Gasteiger partial charge >= 0.3 is 6.01 Å². The van der Waals surface area contributed by atoms with E-state index in [4.69, 9.17) is 16.3 Å². The summed E-state index contributed by atoms with van der Waals surface area (Å²) in [4.78, 5) is 7.89. The highest BCUT2D eigenvalue weighted by Gasteiger charge is 2.04. The first-order valence-corrected chi connectivity index (χ1v) is 6.01. The van der Waals surface area contributed by atoms with Crippen LogP contribution in [0.2, 0.25) is 0 Å². The van der Waals surface area contributed by atoms with Gasteiger partial charge in [0.25, 0.3) is 0 Å². The Bertz CT molecular complexity index is 521. The Hall–Kier alpha value is -1.20. The molecule has 17 heavy (non-hydrogen) atoms. The molecule has 0 N–H and O–H groups in total. The van der Waals surface area contributed by atoms with Gasteiger partial charge in [-0.3, -0.25) is 0 Å². The fourth-order valence-corrected chi connectivity index (χ4v) is 1.50. The summed E-state index contributed by atoms with van der Waals surface area (Å²) in [5, 5.41) is 0. The van der Waals surface area contributed by atoms with E-state index in [1.165, 1.54) is 6.07 Å². The number of rotatable bonds is 3. The average Bonchev–Trinajstić information content (AvgIpc) is 2.35. The van der Waals surface area contributed by atoms with Crippen LogP contribution in [0.1, 0.15) is 5.56 Å². The lowest BCUT2D eigenvalue weighted by Gasteiger charge is -2.04. The second-order valence-corrected chi connectivity index (χ2v) is 4.31. The van der Waals surface area contributed by atoms with E-state index in [9.17, 15) is 4.39 Å². The summed E-state index contributed by atoms with van der Waals surface area (Å²) in [5.41, 5.74) is 0.793. The van der Waals surface area contributed by atoms with Crippen molar-refractivity contribution >= 4 is 27.5 Å². The molecule has 0 spiro atoms. The minimum Gasteiger partial charge on any atom is -0.424 e. The number of halogens is 3. The number of alkyl halides is 1. The summed E-state index contributed by atoms with van der Waals surface area (Å²) in [6, 6.07) is 4.58. The van der Waals surface area contributed by atoms with E-state index in [2.05, 4.69) is 25.9 Å². The quantitative estimate of drug-likeness (QED) is 0.805. The third kappa shape index (κ3) is 3.14. The molecule has 1 aromatic heterocycles. The zero-order valence-corrected chi connectivity index (χ0v) is 10.9. The van der Waals surface area contributed by atoms with E-state index in [1.807, 2.05) is 0 Å². The molecule has 0 unspecified atom stereocenters. The van der Waals surface area contributed by atoms with Gasteiger partial charge in [-0.1, -0.05) is 0 Å². The van der Waals surface area contributed by atoms with Crippen LogP contribution in [0.4, 0.5) is 4.39 Å². The SMILES string of the molecule is Fc1cc(Oc2ncc(CCl)cn2)ccc1Br. The zero-order valence-electron chi connectivity index (χ0n) is 8.53. The lowest BCUT2D eigenvalue weighted by atomic mass is 10.3. The highest BCUT2D eigenvalue weighted by molar-refractivity contribution is 9.10. The molecule has 2 rings (SSSR count). The summed E-state index contributed by atoms with van der Waals surface area (Å²) in [6.07, 6.45) is 3.12. The van der Waals surface area contributed by atoms with Gasteiger partial charge in [0.2, 0.25) is 0 Å². The molecule has 0 amide bonds. The van der Waals surface area contributed by atoms with Gasteiger partial charge in [-0.2, -0.15) is 0 Å². The normalized spacial score (nSPS) is 10.3. The molecule has 0 saturated heterocycles. The van der Waals surface area contributed by atoms with Crippen molar-refractivity contribution in [3.05, 3.63) is 46.4 Å². The fourth-order valence-electron chi connectivity index (χ4n) is 1.11. The molecule has 0 fully saturated rings. The van der Waals surface area contributed by atoms with Crippen LogP contribution < -0.4 is 4.74 Å². The average molecular weight is 318 g/mol. The molecular formula is C11H7BrClFN2O. The summed E-state index contributed by atoms with van der Waals surface area (Å²) < 4.78 is 18.9. The van der Waals surface area contributed by atoms with E-state index in [0.717, 1.165) is 5.56 Å². The smallest absolute Gasteiger partial charge is 0.321 e. The molecule has 0 aliphatic heterocycles. The molecule has 0 bridgehead atoms. The summed E-state index contributed by atoms with van der Waals surface area (Å²) in [5.74, 6) is 0.275. The molecule has 0 aliphatic rings. The van der Waals surface area contributed by atoms with Crippen molar-refractivity contribution < 1.29 is 9.13 Å². The number of hydrogen-bond donors (Lipinski definition) is 0. The molecule has 0 aliphatic carbocycles. The molecule has 2 aromatic rings. The first-order chi connectivity index (χ1) is 8.19. The summed E-state index contributed by atoms with van der Waals surface area (Å²) >= 11 is 8.66. The number of ether oxygens (including phenoxy) is 1. The molecule has 0 saturated carbocycles. The fraction of sp³-hybridized carbons (Fsp3) is 0.0909. The zero-order chi connectivity index (χ0) is 12.3. The Morgan fingerprint density at radius 1 is 1.29 bits per heavy atom. The van der Waals surface area contributed by atoms with Gasteiger partial charge in [0.1, 0.15) is 11.6 Å². The van der Waals surface area contributed by atoms with Gasteiger partial charge in [-0.15, -0.1) is 11.6 Å². The van der Waals surface area contributed by atoms with E-state index >= 15 is 0 Å². The largest absolute Gasteiger partial charge is 0.424 e. The molecule has 0 atom stereocenters. The maximum atomic E-state index is 13.2. The van der Waals surface area contributed by atoms with Crippen LogP contribution in [0.15, 0.2) is 35.1 Å². The van der Waals surface area contributed by atoms with Gasteiger partial charge in [0.15, 0.2) is 0 Å². The molecule has 1 heterocycles. The van der Waals surface area contributed by atoms with Crippen molar-refractivity contribution in [3.8, 4) is 11.8 Å². The summed E-state index contributed by atoms with van der Waals surface area (Å²) in [7, 11) is 0. The second-order valence-electron chi connectivity index (χ2n) is 3.19. The van der Waals surface area contributed by atoms with Crippen LogP contribution in [0.25, 0.3) is 0 Å². The number of hydrogen-bond acceptors (Lipinski definition) is 3. The van der Waals surface area contributed by atoms with Gasteiger partial charge in [-0.05, 0) is 28.1 Å². The maximum absolute atomic E-state index is 13.2. The highest BCUT2D eigenvalue weighted by atomic mass is 79.9. The predicted octanol–water partition coefficient (Wildman–Crippen LogP) is 3.91. The first kappa shape index (κ1) is 12.3. The predicted molar refractivity (Wildman–Crippen MR) is 65.8 cm³/mol. The molecule has 88 valence electrons. The molecule has 1 aromatic carbocycles. The van der Waals surface area contributed by atoms with Crippen molar-refractivity contribution in [1.82, 2.24) is 9.97 Å². The molecule has 0 radical (unpaired) electrons. The van der Waals surface area contributed by atoms with E-state index in [0.29, 0.717) is 16.1 Å². The van der Waals surface area contributed by atoms with Crippen molar-refractivity contribution in [2.75, 3.05) is 0 Å². The Balaban J connectivity index is 2.16. The number of nitrogens with zero attached hydrogens (tertiary/aromatic N) is 2. The minimum absolute atomic E-state index is 0.153. The lowest BCUT2D eigenvalue weighted by Crippen LogP contribution is -1.93. The topological polar surface area (TPSA) is 35.0 Å². The van der Waals surface area contributed by atoms with Crippen LogP contribution >= 0.6 is 27.5 Å². The molecular weight excluding hydrogens is 310 g/mol. The lowest BCUT2D eigenvalue weighted by molar-refractivity contribution is 0.437. The van der Waals surface area contributed by atoms with E-state index < -0.39 is 5.82 Å². The van der Waals surface area contributed by atoms with Crippen LogP contribution in [-0.2, 0) is 5.88 Å². The van der Waals surface area contributed by atoms with Gasteiger partial charge in [0.05, 0.1) is 10.4 Å². The standard InChI is InChI=1S/C11H7BrClFN2O/c12-9-2-1-8(3-10(9)14)17-11-15-5-7(4-13)6-16-11/h1-3,5-6H,4H2. The minimum atomic E-state index is -0.403. The van der Waals surface area contributed by atoms with Gasteiger partial charge in [-0.25, -0.2) is 14.4 Å². The second kappa shape index (κ2) is 5.42. The van der Waals surface area contributed by atoms with Crippen LogP contribution in [-0.4, -0.2) is 9.97 Å². The Kier molecular flexibility index (Phi) is 3.91. The Morgan fingerprint density at radius 3 is 2.59 bits per heavy atom. The van der Waals surface area contributed by atoms with Gasteiger partial charge < -0.3 is 4.74 Å². The third-order valence-corrected chi connectivity index (χ3v) is 2.89. The van der Waals surface area contributed by atoms with Crippen LogP contribution in [0, 0.1) is 5.82 Å². The Labute approximate surface area is 111 Å². The first-order valence-electron chi connectivity index (χ1n) is 4.69. The van der Waals surface area contributed by atoms with Crippen molar-refractivity contribution in [2.45, 2.75) is 5.88 Å². The van der Waals surface area contributed by atoms with Crippen LogP contribution in [0.5, 0.6) is 11.8 Å². The Morgan fingerprint density at radius 2 is 2.00 bits per heavy atom. The monoisotopic (exact) mass is 316 g/mol. The number of aromatic nitrogens is 2. The maximum Gasteiger partial charge on any atom is 0.321 e. The third-order valence-electron chi connectivity index (χ3n) is 1.94. The van der Waals surface area contributed by atoms with Crippen molar-refractivity contribution in [3.63, 3.8) is 0 Å².